The van der Waals surface area contributed by atoms with Crippen molar-refractivity contribution in [1.29, 1.82) is 0 Å². The summed E-state index contributed by atoms with van der Waals surface area (Å²) >= 11 is 0. The number of nitrogens with one attached hydrogen (secondary N) is 1. The molecule has 1 aromatic heterocycles. The summed E-state index contributed by atoms with van der Waals surface area (Å²) < 4.78 is 2.30. The van der Waals surface area contributed by atoms with Crippen molar-refractivity contribution >= 4 is 0 Å². The molecule has 1 N–H and O–H groups in total. The van der Waals surface area contributed by atoms with Crippen molar-refractivity contribution in [3.63, 3.8) is 0 Å². The maximum absolute atomic E-state index is 4.48. The van der Waals surface area contributed by atoms with Crippen LogP contribution < -0.4 is 5.32 Å². The van der Waals surface area contributed by atoms with Gasteiger partial charge in [0.1, 0.15) is 5.82 Å². The van der Waals surface area contributed by atoms with Crippen LogP contribution in [0.3, 0.4) is 0 Å². The predicted octanol–water partition coefficient (Wildman–Crippen LogP) is 2.61. The zero-order valence-electron chi connectivity index (χ0n) is 11.2. The molecule has 0 amide bonds. The van der Waals surface area contributed by atoms with Gasteiger partial charge in [-0.2, -0.15) is 0 Å². The van der Waals surface area contributed by atoms with Crippen molar-refractivity contribution in [1.82, 2.24) is 14.9 Å². The fourth-order valence-electron chi connectivity index (χ4n) is 2.56. The highest BCUT2D eigenvalue weighted by Crippen LogP contribution is 2.34. The Kier molecular flexibility index (Phi) is 4.60. The average Bonchev–Trinajstić information content (AvgIpc) is 3.07. The molecule has 0 radical (unpaired) electrons. The average molecular weight is 235 g/mol. The van der Waals surface area contributed by atoms with Gasteiger partial charge >= 0.3 is 0 Å². The lowest BCUT2D eigenvalue weighted by Gasteiger charge is -2.17. The van der Waals surface area contributed by atoms with Crippen LogP contribution in [0.5, 0.6) is 0 Å². The highest BCUT2D eigenvalue weighted by atomic mass is 15.1. The molecule has 1 aliphatic carbocycles. The van der Waals surface area contributed by atoms with Crippen molar-refractivity contribution < 1.29 is 0 Å². The third kappa shape index (κ3) is 3.56. The van der Waals surface area contributed by atoms with E-state index in [4.69, 9.17) is 0 Å². The van der Waals surface area contributed by atoms with E-state index < -0.39 is 0 Å². The molecule has 3 nitrogen and oxygen atoms in total. The molecule has 0 aromatic carbocycles. The van der Waals surface area contributed by atoms with E-state index in [2.05, 4.69) is 34.9 Å². The van der Waals surface area contributed by atoms with E-state index in [1.165, 1.54) is 31.5 Å². The van der Waals surface area contributed by atoms with Gasteiger partial charge in [0.25, 0.3) is 0 Å². The van der Waals surface area contributed by atoms with E-state index in [1.807, 2.05) is 6.20 Å². The quantitative estimate of drug-likeness (QED) is 0.750. The van der Waals surface area contributed by atoms with Crippen LogP contribution in [-0.4, -0.2) is 22.1 Å². The molecule has 1 saturated carbocycles. The molecule has 1 atom stereocenters. The van der Waals surface area contributed by atoms with Gasteiger partial charge < -0.3 is 9.88 Å². The van der Waals surface area contributed by atoms with Crippen LogP contribution in [0.25, 0.3) is 0 Å². The summed E-state index contributed by atoms with van der Waals surface area (Å²) in [5, 5.41) is 3.62. The topological polar surface area (TPSA) is 29.9 Å². The second-order valence-corrected chi connectivity index (χ2v) is 5.08. The summed E-state index contributed by atoms with van der Waals surface area (Å²) in [5.74, 6) is 2.19. The number of nitrogens with zero attached hydrogens (tertiary/aromatic N) is 2. The number of aromatic nitrogens is 2. The van der Waals surface area contributed by atoms with Crippen molar-refractivity contribution in [2.45, 2.75) is 58.5 Å². The molecule has 0 spiro atoms. The minimum Gasteiger partial charge on any atom is -0.335 e. The molecule has 1 aromatic rings. The Labute approximate surface area is 105 Å². The maximum Gasteiger partial charge on any atom is 0.108 e. The largest absolute Gasteiger partial charge is 0.335 e. The Morgan fingerprint density at radius 1 is 1.47 bits per heavy atom. The summed E-state index contributed by atoms with van der Waals surface area (Å²) in [6.07, 6.45) is 10.4. The van der Waals surface area contributed by atoms with E-state index in [9.17, 15) is 0 Å². The summed E-state index contributed by atoms with van der Waals surface area (Å²) in [6, 6.07) is 0.715. The molecule has 1 aliphatic rings. The highest BCUT2D eigenvalue weighted by Gasteiger charge is 2.30. The molecule has 3 heteroatoms. The number of hydrogen-bond acceptors (Lipinski definition) is 2. The summed E-state index contributed by atoms with van der Waals surface area (Å²) in [6.45, 7) is 6.61. The minimum absolute atomic E-state index is 0.715. The summed E-state index contributed by atoms with van der Waals surface area (Å²) in [4.78, 5) is 4.48. The molecule has 1 heterocycles. The number of hydrogen-bond donors (Lipinski definition) is 1. The molecule has 0 bridgehead atoms. The molecule has 96 valence electrons. The second kappa shape index (κ2) is 6.20. The van der Waals surface area contributed by atoms with Crippen LogP contribution in [0.15, 0.2) is 12.4 Å². The van der Waals surface area contributed by atoms with Crippen LogP contribution >= 0.6 is 0 Å². The first-order chi connectivity index (χ1) is 8.35. The van der Waals surface area contributed by atoms with Gasteiger partial charge in [0.2, 0.25) is 0 Å². The smallest absolute Gasteiger partial charge is 0.108 e. The monoisotopic (exact) mass is 235 g/mol. The summed E-state index contributed by atoms with van der Waals surface area (Å²) in [5.41, 5.74) is 0. The van der Waals surface area contributed by atoms with E-state index in [0.717, 1.165) is 25.4 Å². The standard InChI is InChI=1S/C14H25N3/c1-3-10-17-11-9-16-14(17)8-7-13(15-4-2)12-5-6-12/h9,11-13,15H,3-8,10H2,1-2H3. The Balaban J connectivity index is 1.84. The van der Waals surface area contributed by atoms with E-state index in [-0.39, 0.29) is 0 Å². The third-order valence-electron chi connectivity index (χ3n) is 3.60. The van der Waals surface area contributed by atoms with Crippen molar-refractivity contribution in [3.05, 3.63) is 18.2 Å². The number of rotatable bonds is 8. The van der Waals surface area contributed by atoms with Gasteiger partial charge in [0, 0.05) is 31.4 Å². The fourth-order valence-corrected chi connectivity index (χ4v) is 2.56. The van der Waals surface area contributed by atoms with Crippen LogP contribution in [0.4, 0.5) is 0 Å². The van der Waals surface area contributed by atoms with Crippen LogP contribution in [0.2, 0.25) is 0 Å². The Bertz CT molecular complexity index is 328. The van der Waals surface area contributed by atoms with E-state index in [1.54, 1.807) is 0 Å². The van der Waals surface area contributed by atoms with Gasteiger partial charge in [0.05, 0.1) is 0 Å². The Hall–Kier alpha value is -0.830. The molecular weight excluding hydrogens is 210 g/mol. The highest BCUT2D eigenvalue weighted by molar-refractivity contribution is 4.95. The van der Waals surface area contributed by atoms with Gasteiger partial charge in [0.15, 0.2) is 0 Å². The molecule has 1 fully saturated rings. The van der Waals surface area contributed by atoms with Crippen LogP contribution in [0, 0.1) is 5.92 Å². The van der Waals surface area contributed by atoms with Crippen LogP contribution in [0.1, 0.15) is 45.4 Å². The molecule has 2 rings (SSSR count). The van der Waals surface area contributed by atoms with Crippen molar-refractivity contribution in [2.75, 3.05) is 6.54 Å². The predicted molar refractivity (Wildman–Crippen MR) is 71.0 cm³/mol. The van der Waals surface area contributed by atoms with E-state index in [0.29, 0.717) is 6.04 Å². The summed E-state index contributed by atoms with van der Waals surface area (Å²) in [7, 11) is 0. The van der Waals surface area contributed by atoms with Crippen LogP contribution in [-0.2, 0) is 13.0 Å². The van der Waals surface area contributed by atoms with Gasteiger partial charge in [-0.1, -0.05) is 13.8 Å². The van der Waals surface area contributed by atoms with Gasteiger partial charge in [-0.3, -0.25) is 0 Å². The van der Waals surface area contributed by atoms with E-state index >= 15 is 0 Å². The second-order valence-electron chi connectivity index (χ2n) is 5.08. The fraction of sp³-hybridized carbons (Fsp3) is 0.786. The minimum atomic E-state index is 0.715. The number of aryl methyl sites for hydroxylation is 2. The zero-order chi connectivity index (χ0) is 12.1. The maximum atomic E-state index is 4.48. The molecule has 17 heavy (non-hydrogen) atoms. The lowest BCUT2D eigenvalue weighted by Crippen LogP contribution is -2.31. The Morgan fingerprint density at radius 3 is 2.94 bits per heavy atom. The molecule has 0 aliphatic heterocycles. The van der Waals surface area contributed by atoms with Crippen molar-refractivity contribution in [2.24, 2.45) is 5.92 Å². The zero-order valence-corrected chi connectivity index (χ0v) is 11.2. The normalized spacial score (nSPS) is 17.3. The molecule has 1 unspecified atom stereocenters. The van der Waals surface area contributed by atoms with Gasteiger partial charge in [-0.05, 0) is 38.1 Å². The first-order valence-corrected chi connectivity index (χ1v) is 7.08. The third-order valence-corrected chi connectivity index (χ3v) is 3.60. The first-order valence-electron chi connectivity index (χ1n) is 7.08. The molecular formula is C14H25N3. The Morgan fingerprint density at radius 2 is 2.29 bits per heavy atom. The van der Waals surface area contributed by atoms with Gasteiger partial charge in [-0.15, -0.1) is 0 Å². The lowest BCUT2D eigenvalue weighted by atomic mass is 10.1. The van der Waals surface area contributed by atoms with Crippen molar-refractivity contribution in [3.8, 4) is 0 Å². The molecule has 0 saturated heterocycles. The van der Waals surface area contributed by atoms with Gasteiger partial charge in [-0.25, -0.2) is 4.98 Å². The number of imidazole rings is 1. The first kappa shape index (κ1) is 12.6. The lowest BCUT2D eigenvalue weighted by molar-refractivity contribution is 0.438. The SMILES string of the molecule is CCCn1ccnc1CCC(NCC)C1CC1.